The van der Waals surface area contributed by atoms with Crippen LogP contribution in [0.25, 0.3) is 10.9 Å². The maximum absolute atomic E-state index is 11.4. The Kier molecular flexibility index (Phi) is 4.22. The number of fused-ring (bicyclic) bond motifs is 1. The number of hydrogen-bond donors (Lipinski definition) is 1. The number of carbonyl (C=O) groups excluding carboxylic acids is 1. The molecule has 6 heteroatoms. The van der Waals surface area contributed by atoms with Gasteiger partial charge in [0.15, 0.2) is 5.17 Å². The third-order valence-corrected chi connectivity index (χ3v) is 5.43. The lowest BCUT2D eigenvalue weighted by molar-refractivity contribution is -0.115. The Hall–Kier alpha value is -2.52. The first-order valence-electron chi connectivity index (χ1n) is 7.35. The number of amides is 1. The van der Waals surface area contributed by atoms with Crippen LogP contribution in [0.2, 0.25) is 0 Å². The number of aryl methyl sites for hydroxylation is 1. The largest absolute Gasteiger partial charge is 0.379 e. The summed E-state index contributed by atoms with van der Waals surface area (Å²) in [7, 11) is -0.446. The highest BCUT2D eigenvalue weighted by molar-refractivity contribution is 8.28. The smallest absolute Gasteiger partial charge is 0.258 e. The van der Waals surface area contributed by atoms with Crippen LogP contribution < -0.4 is 5.73 Å². The van der Waals surface area contributed by atoms with E-state index >= 15 is 0 Å². The van der Waals surface area contributed by atoms with Gasteiger partial charge in [0.2, 0.25) is 0 Å². The molecule has 23 heavy (non-hydrogen) atoms. The van der Waals surface area contributed by atoms with E-state index in [-0.39, 0.29) is 5.91 Å². The van der Waals surface area contributed by atoms with E-state index in [1.54, 1.807) is 6.20 Å². The Morgan fingerprint density at radius 1 is 1.48 bits per heavy atom. The Labute approximate surface area is 136 Å². The van der Waals surface area contributed by atoms with Gasteiger partial charge in [0.1, 0.15) is 6.07 Å². The number of aliphatic imine (C=N–C) groups is 1. The molecule has 116 valence electrons. The Morgan fingerprint density at radius 3 is 2.96 bits per heavy atom. The van der Waals surface area contributed by atoms with E-state index in [0.29, 0.717) is 16.5 Å². The van der Waals surface area contributed by atoms with Crippen LogP contribution in [0.3, 0.4) is 0 Å². The third-order valence-electron chi connectivity index (χ3n) is 3.68. The minimum atomic E-state index is -0.446. The summed E-state index contributed by atoms with van der Waals surface area (Å²) in [5.74, 6) is 0.185. The van der Waals surface area contributed by atoms with Crippen LogP contribution in [0.4, 0.5) is 0 Å². The highest BCUT2D eigenvalue weighted by Crippen LogP contribution is 2.25. The minimum absolute atomic E-state index is 0.164. The number of nitrogens with zero attached hydrogens (tertiary/aromatic N) is 3. The fourth-order valence-corrected chi connectivity index (χ4v) is 4.02. The van der Waals surface area contributed by atoms with Crippen LogP contribution in [-0.2, 0) is 11.2 Å². The molecular formula is C17H16N4OS. The number of rotatable bonds is 3. The summed E-state index contributed by atoms with van der Waals surface area (Å²) in [5.41, 5.74) is 9.31. The van der Waals surface area contributed by atoms with E-state index in [2.05, 4.69) is 23.0 Å². The molecule has 0 bridgehead atoms. The highest BCUT2D eigenvalue weighted by Gasteiger charge is 2.16. The predicted molar refractivity (Wildman–Crippen MR) is 94.7 cm³/mol. The zero-order valence-electron chi connectivity index (χ0n) is 12.7. The molecule has 1 aliphatic heterocycles. The summed E-state index contributed by atoms with van der Waals surface area (Å²) in [4.78, 5) is 19.5. The third kappa shape index (κ3) is 3.01. The van der Waals surface area contributed by atoms with Gasteiger partial charge in [-0.05, 0) is 35.0 Å². The van der Waals surface area contributed by atoms with Gasteiger partial charge in [-0.15, -0.1) is 10.5 Å². The van der Waals surface area contributed by atoms with Gasteiger partial charge in [-0.1, -0.05) is 19.4 Å². The van der Waals surface area contributed by atoms with Crippen molar-refractivity contribution in [1.29, 1.82) is 5.26 Å². The van der Waals surface area contributed by atoms with Gasteiger partial charge in [-0.25, -0.2) is 0 Å². The number of amidine groups is 1. The SMILES string of the molecule is CCCc1c(C#N)cnc2ccc(C=S3CC(=O)N=C3N)cc12. The van der Waals surface area contributed by atoms with E-state index in [0.717, 1.165) is 34.9 Å². The van der Waals surface area contributed by atoms with Crippen molar-refractivity contribution < 1.29 is 4.79 Å². The summed E-state index contributed by atoms with van der Waals surface area (Å²) in [6.45, 7) is 2.09. The van der Waals surface area contributed by atoms with Gasteiger partial charge in [0.25, 0.3) is 5.91 Å². The Morgan fingerprint density at radius 2 is 2.30 bits per heavy atom. The highest BCUT2D eigenvalue weighted by atomic mass is 32.2. The number of carbonyl (C=O) groups is 1. The first-order chi connectivity index (χ1) is 11.1. The van der Waals surface area contributed by atoms with Crippen molar-refractivity contribution in [2.45, 2.75) is 19.8 Å². The van der Waals surface area contributed by atoms with Gasteiger partial charge in [-0.2, -0.15) is 10.3 Å². The molecule has 5 nitrogen and oxygen atoms in total. The number of pyridine rings is 1. The molecule has 0 aliphatic carbocycles. The second-order valence-electron chi connectivity index (χ2n) is 5.32. The van der Waals surface area contributed by atoms with E-state index in [1.807, 2.05) is 23.6 Å². The topological polar surface area (TPSA) is 92.1 Å². The zero-order chi connectivity index (χ0) is 16.4. The predicted octanol–water partition coefficient (Wildman–Crippen LogP) is 2.33. The molecule has 0 fully saturated rings. The van der Waals surface area contributed by atoms with E-state index < -0.39 is 10.5 Å². The lowest BCUT2D eigenvalue weighted by Crippen LogP contribution is -2.06. The van der Waals surface area contributed by atoms with Gasteiger partial charge in [0.05, 0.1) is 16.8 Å². The normalized spacial score (nSPS) is 17.5. The summed E-state index contributed by atoms with van der Waals surface area (Å²) >= 11 is 0. The van der Waals surface area contributed by atoms with Gasteiger partial charge >= 0.3 is 0 Å². The molecule has 2 aromatic rings. The molecule has 1 aromatic heterocycles. The van der Waals surface area contributed by atoms with Crippen LogP contribution in [0.15, 0.2) is 29.4 Å². The molecule has 0 saturated heterocycles. The molecule has 1 aliphatic rings. The molecule has 3 rings (SSSR count). The molecule has 0 radical (unpaired) electrons. The van der Waals surface area contributed by atoms with Crippen molar-refractivity contribution in [2.75, 3.05) is 5.75 Å². The second kappa shape index (κ2) is 6.31. The summed E-state index contributed by atoms with van der Waals surface area (Å²) < 4.78 is 0. The molecule has 1 amide bonds. The Bertz CT molecular complexity index is 909. The number of hydrogen-bond acceptors (Lipinski definition) is 4. The fourth-order valence-electron chi connectivity index (χ4n) is 2.64. The van der Waals surface area contributed by atoms with Crippen LogP contribution in [0.1, 0.15) is 30.0 Å². The fraction of sp³-hybridized carbons (Fsp3) is 0.235. The average molecular weight is 324 g/mol. The number of nitrogens with two attached hydrogens (primary N) is 1. The van der Waals surface area contributed by atoms with Crippen LogP contribution in [0.5, 0.6) is 0 Å². The lowest BCUT2D eigenvalue weighted by atomic mass is 9.99. The summed E-state index contributed by atoms with van der Waals surface area (Å²) in [6, 6.07) is 8.15. The molecule has 1 unspecified atom stereocenters. The molecule has 1 atom stereocenters. The first-order valence-corrected chi connectivity index (χ1v) is 8.81. The quantitative estimate of drug-likeness (QED) is 0.877. The molecule has 0 spiro atoms. The van der Waals surface area contributed by atoms with Gasteiger partial charge in [0, 0.05) is 11.6 Å². The minimum Gasteiger partial charge on any atom is -0.379 e. The Balaban J connectivity index is 2.13. The average Bonchev–Trinajstić information content (AvgIpc) is 2.85. The second-order valence-corrected chi connectivity index (χ2v) is 7.12. The molecule has 2 N–H and O–H groups in total. The first kappa shape index (κ1) is 15.4. The summed E-state index contributed by atoms with van der Waals surface area (Å²) in [6.07, 6.45) is 3.43. The van der Waals surface area contributed by atoms with Crippen molar-refractivity contribution in [3.63, 3.8) is 0 Å². The maximum atomic E-state index is 11.4. The van der Waals surface area contributed by atoms with Crippen molar-refractivity contribution in [3.8, 4) is 6.07 Å². The summed E-state index contributed by atoms with van der Waals surface area (Å²) in [5, 5.41) is 12.7. The van der Waals surface area contributed by atoms with Crippen molar-refractivity contribution in [1.82, 2.24) is 4.98 Å². The van der Waals surface area contributed by atoms with Crippen LogP contribution >= 0.6 is 10.5 Å². The van der Waals surface area contributed by atoms with Crippen molar-refractivity contribution in [3.05, 3.63) is 41.1 Å². The number of nitriles is 1. The van der Waals surface area contributed by atoms with Gasteiger partial charge < -0.3 is 5.73 Å². The molecular weight excluding hydrogens is 308 g/mol. The molecule has 2 heterocycles. The monoisotopic (exact) mass is 324 g/mol. The molecule has 1 aromatic carbocycles. The van der Waals surface area contributed by atoms with E-state index in [9.17, 15) is 10.1 Å². The van der Waals surface area contributed by atoms with Crippen LogP contribution in [-0.4, -0.2) is 27.2 Å². The number of aromatic nitrogens is 1. The van der Waals surface area contributed by atoms with Crippen LogP contribution in [0, 0.1) is 11.3 Å². The van der Waals surface area contributed by atoms with E-state index in [1.165, 1.54) is 0 Å². The number of benzene rings is 1. The lowest BCUT2D eigenvalue weighted by Gasteiger charge is -2.08. The van der Waals surface area contributed by atoms with Gasteiger partial charge in [-0.3, -0.25) is 9.78 Å². The van der Waals surface area contributed by atoms with Crippen molar-refractivity contribution in [2.24, 2.45) is 10.7 Å². The van der Waals surface area contributed by atoms with Crippen molar-refractivity contribution >= 4 is 37.8 Å². The maximum Gasteiger partial charge on any atom is 0.258 e. The zero-order valence-corrected chi connectivity index (χ0v) is 13.6. The van der Waals surface area contributed by atoms with E-state index in [4.69, 9.17) is 5.73 Å². The standard InChI is InChI=1S/C17H16N4OS/c1-2-3-13-12(7-18)8-20-15-5-4-11(6-14(13)15)9-23-10-16(22)21-17(23)19/h4-6,8-9H,2-3,10H2,1H3,(H2,19,21,22). The molecule has 0 saturated carbocycles.